The Morgan fingerprint density at radius 1 is 1.00 bits per heavy atom. The summed E-state index contributed by atoms with van der Waals surface area (Å²) in [5, 5.41) is 0. The van der Waals surface area contributed by atoms with Gasteiger partial charge in [0.05, 0.1) is 6.54 Å². The zero-order valence-corrected chi connectivity index (χ0v) is 17.5. The second kappa shape index (κ2) is 8.18. The van der Waals surface area contributed by atoms with E-state index in [2.05, 4.69) is 9.97 Å². The number of benzene rings is 2. The molecule has 0 saturated heterocycles. The number of ketones is 1. The van der Waals surface area contributed by atoms with Crippen LogP contribution in [0.25, 0.3) is 22.6 Å². The summed E-state index contributed by atoms with van der Waals surface area (Å²) in [5.74, 6) is -1.51. The number of primary amides is 1. The summed E-state index contributed by atoms with van der Waals surface area (Å²) in [7, 11) is 0. The molecule has 0 aliphatic carbocycles. The number of halogens is 1. The van der Waals surface area contributed by atoms with Crippen molar-refractivity contribution in [3.05, 3.63) is 81.7 Å². The number of hydrogen-bond acceptors (Lipinski definition) is 5. The molecule has 4 rings (SSSR count). The van der Waals surface area contributed by atoms with E-state index in [0.717, 1.165) is 22.3 Å². The number of carbonyl (C=O) groups is 2. The highest BCUT2D eigenvalue weighted by atomic mass is 19.1. The summed E-state index contributed by atoms with van der Waals surface area (Å²) in [6, 6.07) is 12.4. The minimum atomic E-state index is -0.845. The molecule has 2 aromatic heterocycles. The summed E-state index contributed by atoms with van der Waals surface area (Å²) >= 11 is 0. The number of nitrogens with zero attached hydrogens (tertiary/aromatic N) is 4. The summed E-state index contributed by atoms with van der Waals surface area (Å²) in [5.41, 5.74) is 7.17. The SMILES string of the molecule is CCn1c(=O)n(CC(=O)c2ccc(F)cc2)c2c(C(N)=O)nc(-c3ccc(C)cc3)nc21. The quantitative estimate of drug-likeness (QED) is 0.470. The minimum absolute atomic E-state index is 0.0932. The number of carbonyl (C=O) groups excluding carboxylic acids is 2. The number of nitrogens with two attached hydrogens (primary N) is 1. The Bertz CT molecular complexity index is 1400. The molecule has 2 heterocycles. The van der Waals surface area contributed by atoms with E-state index in [-0.39, 0.29) is 41.3 Å². The lowest BCUT2D eigenvalue weighted by molar-refractivity contribution is 0.0966. The number of imidazole rings is 1. The first-order chi connectivity index (χ1) is 15.3. The van der Waals surface area contributed by atoms with Gasteiger partial charge in [-0.1, -0.05) is 29.8 Å². The van der Waals surface area contributed by atoms with Crippen LogP contribution in [0.3, 0.4) is 0 Å². The molecule has 0 unspecified atom stereocenters. The first kappa shape index (κ1) is 21.1. The second-order valence-electron chi connectivity index (χ2n) is 7.34. The Morgan fingerprint density at radius 3 is 2.25 bits per heavy atom. The Morgan fingerprint density at radius 2 is 1.66 bits per heavy atom. The van der Waals surface area contributed by atoms with Crippen LogP contribution >= 0.6 is 0 Å². The van der Waals surface area contributed by atoms with Crippen LogP contribution in [-0.2, 0) is 13.1 Å². The van der Waals surface area contributed by atoms with Gasteiger partial charge in [-0.15, -0.1) is 0 Å². The summed E-state index contributed by atoms with van der Waals surface area (Å²) < 4.78 is 15.7. The minimum Gasteiger partial charge on any atom is -0.364 e. The highest BCUT2D eigenvalue weighted by Crippen LogP contribution is 2.22. The Kier molecular flexibility index (Phi) is 5.40. The normalized spacial score (nSPS) is 11.1. The molecule has 2 aromatic carbocycles. The molecule has 0 aliphatic rings. The third-order valence-corrected chi connectivity index (χ3v) is 5.18. The van der Waals surface area contributed by atoms with Crippen molar-refractivity contribution >= 4 is 22.9 Å². The first-order valence-corrected chi connectivity index (χ1v) is 9.96. The van der Waals surface area contributed by atoms with Crippen LogP contribution in [0.2, 0.25) is 0 Å². The molecule has 0 radical (unpaired) electrons. The van der Waals surface area contributed by atoms with E-state index in [0.29, 0.717) is 5.56 Å². The summed E-state index contributed by atoms with van der Waals surface area (Å²) in [6.45, 7) is 3.58. The molecule has 0 fully saturated rings. The maximum Gasteiger partial charge on any atom is 0.330 e. The van der Waals surface area contributed by atoms with Crippen molar-refractivity contribution in [1.29, 1.82) is 0 Å². The molecule has 0 spiro atoms. The van der Waals surface area contributed by atoms with Gasteiger partial charge in [-0.2, -0.15) is 0 Å². The topological polar surface area (TPSA) is 113 Å². The van der Waals surface area contributed by atoms with E-state index in [1.54, 1.807) is 6.92 Å². The average molecular weight is 433 g/mol. The van der Waals surface area contributed by atoms with E-state index in [9.17, 15) is 18.8 Å². The van der Waals surface area contributed by atoms with E-state index < -0.39 is 23.2 Å². The lowest BCUT2D eigenvalue weighted by Crippen LogP contribution is -2.27. The Balaban J connectivity index is 1.92. The molecule has 9 heteroatoms. The van der Waals surface area contributed by atoms with Crippen LogP contribution < -0.4 is 11.4 Å². The van der Waals surface area contributed by atoms with Crippen molar-refractivity contribution in [2.45, 2.75) is 26.9 Å². The van der Waals surface area contributed by atoms with E-state index in [1.165, 1.54) is 16.7 Å². The highest BCUT2D eigenvalue weighted by molar-refractivity contribution is 6.03. The number of Topliss-reactive ketones (excluding diaryl/α,β-unsaturated/α-hetero) is 1. The molecule has 1 amide bonds. The zero-order valence-electron chi connectivity index (χ0n) is 17.5. The van der Waals surface area contributed by atoms with Crippen molar-refractivity contribution in [2.24, 2.45) is 5.73 Å². The standard InChI is InChI=1S/C23H20FN5O3/c1-3-28-22-19(29(23(28)32)12-17(30)14-8-10-16(24)11-9-14)18(20(25)31)26-21(27-22)15-6-4-13(2)5-7-15/h4-11H,3,12H2,1-2H3,(H2,25,31). The molecule has 4 aromatic rings. The van der Waals surface area contributed by atoms with Crippen LogP contribution in [0.1, 0.15) is 33.3 Å². The molecule has 0 aliphatic heterocycles. The average Bonchev–Trinajstić information content (AvgIpc) is 3.04. The molecule has 2 N–H and O–H groups in total. The van der Waals surface area contributed by atoms with Crippen molar-refractivity contribution in [1.82, 2.24) is 19.1 Å². The van der Waals surface area contributed by atoms with Crippen molar-refractivity contribution in [2.75, 3.05) is 0 Å². The first-order valence-electron chi connectivity index (χ1n) is 9.96. The van der Waals surface area contributed by atoms with E-state index in [4.69, 9.17) is 5.73 Å². The predicted molar refractivity (Wildman–Crippen MR) is 117 cm³/mol. The van der Waals surface area contributed by atoms with Crippen molar-refractivity contribution < 1.29 is 14.0 Å². The number of aryl methyl sites for hydroxylation is 2. The number of aromatic nitrogens is 4. The molecule has 32 heavy (non-hydrogen) atoms. The lowest BCUT2D eigenvalue weighted by atomic mass is 10.1. The summed E-state index contributed by atoms with van der Waals surface area (Å²) in [4.78, 5) is 47.0. The molecule has 0 saturated carbocycles. The van der Waals surface area contributed by atoms with E-state index >= 15 is 0 Å². The second-order valence-corrected chi connectivity index (χ2v) is 7.34. The third-order valence-electron chi connectivity index (χ3n) is 5.18. The third kappa shape index (κ3) is 3.68. The fourth-order valence-corrected chi connectivity index (χ4v) is 3.52. The Labute approximate surface area is 182 Å². The van der Waals surface area contributed by atoms with Crippen molar-refractivity contribution in [3.63, 3.8) is 0 Å². The smallest absolute Gasteiger partial charge is 0.330 e. The van der Waals surface area contributed by atoms with Crippen LogP contribution in [-0.4, -0.2) is 30.8 Å². The number of fused-ring (bicyclic) bond motifs is 1. The number of hydrogen-bond donors (Lipinski definition) is 1. The van der Waals surface area contributed by atoms with E-state index in [1.807, 2.05) is 31.2 Å². The molecule has 162 valence electrons. The van der Waals surface area contributed by atoms with Gasteiger partial charge in [-0.05, 0) is 38.1 Å². The van der Waals surface area contributed by atoms with Gasteiger partial charge in [0.1, 0.15) is 11.3 Å². The van der Waals surface area contributed by atoms with Gasteiger partial charge in [0.2, 0.25) is 0 Å². The fourth-order valence-electron chi connectivity index (χ4n) is 3.52. The molecule has 0 atom stereocenters. The van der Waals surface area contributed by atoms with Gasteiger partial charge < -0.3 is 5.73 Å². The van der Waals surface area contributed by atoms with Crippen LogP contribution in [0.4, 0.5) is 4.39 Å². The van der Waals surface area contributed by atoms with Gasteiger partial charge in [-0.3, -0.25) is 18.7 Å². The van der Waals surface area contributed by atoms with Crippen LogP contribution in [0, 0.1) is 12.7 Å². The molecule has 0 bridgehead atoms. The van der Waals surface area contributed by atoms with Crippen molar-refractivity contribution in [3.8, 4) is 11.4 Å². The van der Waals surface area contributed by atoms with Crippen LogP contribution in [0.15, 0.2) is 53.3 Å². The van der Waals surface area contributed by atoms with Crippen LogP contribution in [0.5, 0.6) is 0 Å². The van der Waals surface area contributed by atoms with Gasteiger partial charge >= 0.3 is 5.69 Å². The number of rotatable bonds is 6. The van der Waals surface area contributed by atoms with Gasteiger partial charge in [0, 0.05) is 17.7 Å². The monoisotopic (exact) mass is 433 g/mol. The summed E-state index contributed by atoms with van der Waals surface area (Å²) in [6.07, 6.45) is 0. The maximum absolute atomic E-state index is 13.2. The Hall–Kier alpha value is -4.14. The lowest BCUT2D eigenvalue weighted by Gasteiger charge is -2.08. The maximum atomic E-state index is 13.2. The predicted octanol–water partition coefficient (Wildman–Crippen LogP) is 2.71. The molecular formula is C23H20FN5O3. The van der Waals surface area contributed by atoms with Gasteiger partial charge in [0.15, 0.2) is 22.9 Å². The molecule has 8 nitrogen and oxygen atoms in total. The largest absolute Gasteiger partial charge is 0.364 e. The zero-order chi connectivity index (χ0) is 23.0. The number of amides is 1. The molecular weight excluding hydrogens is 413 g/mol. The van der Waals surface area contributed by atoms with Gasteiger partial charge in [0.25, 0.3) is 5.91 Å². The highest BCUT2D eigenvalue weighted by Gasteiger charge is 2.24. The van der Waals surface area contributed by atoms with Gasteiger partial charge in [-0.25, -0.2) is 19.2 Å². The fraction of sp³-hybridized carbons (Fsp3) is 0.174.